The van der Waals surface area contributed by atoms with Crippen LogP contribution < -0.4 is 11.5 Å². The number of nitrogens with two attached hydrogens (primary N) is 2. The molecule has 1 aliphatic carbocycles. The quantitative estimate of drug-likeness (QED) is 0.815. The molecular formula is C15H21N3O2. The summed E-state index contributed by atoms with van der Waals surface area (Å²) in [6.45, 7) is 1.80. The fourth-order valence-electron chi connectivity index (χ4n) is 2.88. The zero-order valence-electron chi connectivity index (χ0n) is 11.8. The van der Waals surface area contributed by atoms with E-state index in [9.17, 15) is 9.59 Å². The molecule has 1 aromatic carbocycles. The SMILES string of the molecule is Cc1cccc(N)c1C(=O)N(CC(N)=O)C1CCCC1. The molecule has 0 aromatic heterocycles. The lowest BCUT2D eigenvalue weighted by Crippen LogP contribution is -2.44. The van der Waals surface area contributed by atoms with Gasteiger partial charge in [0.1, 0.15) is 0 Å². The van der Waals surface area contributed by atoms with Crippen molar-refractivity contribution in [3.8, 4) is 0 Å². The van der Waals surface area contributed by atoms with E-state index in [1.807, 2.05) is 19.1 Å². The summed E-state index contributed by atoms with van der Waals surface area (Å²) in [5.41, 5.74) is 13.0. The monoisotopic (exact) mass is 275 g/mol. The summed E-state index contributed by atoms with van der Waals surface area (Å²) in [5, 5.41) is 0. The molecule has 0 heterocycles. The number of rotatable bonds is 4. The first-order chi connectivity index (χ1) is 9.50. The number of carbonyl (C=O) groups is 2. The van der Waals surface area contributed by atoms with Crippen molar-refractivity contribution in [2.45, 2.75) is 38.6 Å². The number of hydrogen-bond donors (Lipinski definition) is 2. The average Bonchev–Trinajstić information content (AvgIpc) is 2.88. The van der Waals surface area contributed by atoms with Crippen molar-refractivity contribution < 1.29 is 9.59 Å². The van der Waals surface area contributed by atoms with Gasteiger partial charge in [-0.05, 0) is 31.4 Å². The Labute approximate surface area is 118 Å². The van der Waals surface area contributed by atoms with Crippen LogP contribution in [-0.2, 0) is 4.79 Å². The van der Waals surface area contributed by atoms with Gasteiger partial charge in [-0.2, -0.15) is 0 Å². The van der Waals surface area contributed by atoms with Gasteiger partial charge < -0.3 is 16.4 Å². The maximum atomic E-state index is 12.7. The minimum Gasteiger partial charge on any atom is -0.398 e. The average molecular weight is 275 g/mol. The van der Waals surface area contributed by atoms with Crippen LogP contribution in [0.15, 0.2) is 18.2 Å². The minimum absolute atomic E-state index is 0.0444. The Morgan fingerprint density at radius 3 is 2.50 bits per heavy atom. The van der Waals surface area contributed by atoms with Gasteiger partial charge in [0.15, 0.2) is 0 Å². The Kier molecular flexibility index (Phi) is 4.27. The standard InChI is InChI=1S/C15H21N3O2/c1-10-5-4-8-12(16)14(10)15(20)18(9-13(17)19)11-6-2-3-7-11/h4-5,8,11H,2-3,6-7,9,16H2,1H3,(H2,17,19). The summed E-state index contributed by atoms with van der Waals surface area (Å²) >= 11 is 0. The maximum absolute atomic E-state index is 12.7. The highest BCUT2D eigenvalue weighted by Crippen LogP contribution is 2.27. The molecular weight excluding hydrogens is 254 g/mol. The van der Waals surface area contributed by atoms with Crippen molar-refractivity contribution in [2.24, 2.45) is 5.73 Å². The lowest BCUT2D eigenvalue weighted by molar-refractivity contribution is -0.119. The number of primary amides is 1. The molecule has 0 unspecified atom stereocenters. The number of nitrogens with zero attached hydrogens (tertiary/aromatic N) is 1. The largest absolute Gasteiger partial charge is 0.398 e. The highest BCUT2D eigenvalue weighted by molar-refractivity contribution is 6.02. The predicted octanol–water partition coefficient (Wildman–Crippen LogP) is 1.45. The Morgan fingerprint density at radius 2 is 1.95 bits per heavy atom. The van der Waals surface area contributed by atoms with Crippen molar-refractivity contribution >= 4 is 17.5 Å². The minimum atomic E-state index is -0.489. The Morgan fingerprint density at radius 1 is 1.30 bits per heavy atom. The summed E-state index contributed by atoms with van der Waals surface area (Å²) in [6, 6.07) is 5.46. The van der Waals surface area contributed by atoms with Gasteiger partial charge in [-0.1, -0.05) is 25.0 Å². The van der Waals surface area contributed by atoms with E-state index in [1.165, 1.54) is 0 Å². The maximum Gasteiger partial charge on any atom is 0.256 e. The highest BCUT2D eigenvalue weighted by Gasteiger charge is 2.30. The smallest absolute Gasteiger partial charge is 0.256 e. The van der Waals surface area contributed by atoms with Crippen molar-refractivity contribution in [1.29, 1.82) is 0 Å². The molecule has 0 spiro atoms. The van der Waals surface area contributed by atoms with Crippen LogP contribution >= 0.6 is 0 Å². The van der Waals surface area contributed by atoms with Crippen LogP contribution in [0.1, 0.15) is 41.6 Å². The van der Waals surface area contributed by atoms with Crippen LogP contribution in [0.25, 0.3) is 0 Å². The van der Waals surface area contributed by atoms with Crippen LogP contribution in [-0.4, -0.2) is 29.3 Å². The van der Waals surface area contributed by atoms with Gasteiger partial charge >= 0.3 is 0 Å². The van der Waals surface area contributed by atoms with E-state index in [4.69, 9.17) is 11.5 Å². The molecule has 1 aromatic rings. The molecule has 1 fully saturated rings. The van der Waals surface area contributed by atoms with Crippen LogP contribution in [0, 0.1) is 6.92 Å². The summed E-state index contributed by atoms with van der Waals surface area (Å²) in [7, 11) is 0. The van der Waals surface area contributed by atoms with Crippen LogP contribution in [0.2, 0.25) is 0 Å². The third kappa shape index (κ3) is 2.92. The van der Waals surface area contributed by atoms with E-state index in [1.54, 1.807) is 11.0 Å². The molecule has 20 heavy (non-hydrogen) atoms. The first-order valence-electron chi connectivity index (χ1n) is 6.95. The van der Waals surface area contributed by atoms with Crippen LogP contribution in [0.3, 0.4) is 0 Å². The molecule has 0 bridgehead atoms. The molecule has 2 amide bonds. The molecule has 2 rings (SSSR count). The van der Waals surface area contributed by atoms with Gasteiger partial charge in [0.25, 0.3) is 5.91 Å². The van der Waals surface area contributed by atoms with Gasteiger partial charge in [0.05, 0.1) is 12.1 Å². The molecule has 0 aliphatic heterocycles. The summed E-state index contributed by atoms with van der Waals surface area (Å²) in [5.74, 6) is -0.677. The lowest BCUT2D eigenvalue weighted by Gasteiger charge is -2.28. The normalized spacial score (nSPS) is 15.2. The first-order valence-corrected chi connectivity index (χ1v) is 6.95. The van der Waals surface area contributed by atoms with Crippen LogP contribution in [0.5, 0.6) is 0 Å². The molecule has 4 N–H and O–H groups in total. The number of hydrogen-bond acceptors (Lipinski definition) is 3. The number of nitrogen functional groups attached to an aromatic ring is 1. The third-order valence-corrected chi connectivity index (χ3v) is 3.87. The number of carbonyl (C=O) groups excluding carboxylic acids is 2. The Bertz CT molecular complexity index is 502. The van der Waals surface area contributed by atoms with Gasteiger partial charge in [-0.15, -0.1) is 0 Å². The Balaban J connectivity index is 2.32. The summed E-state index contributed by atoms with van der Waals surface area (Å²) in [6.07, 6.45) is 4.00. The second kappa shape index (κ2) is 5.94. The summed E-state index contributed by atoms with van der Waals surface area (Å²) < 4.78 is 0. The molecule has 1 saturated carbocycles. The van der Waals surface area contributed by atoms with Crippen molar-refractivity contribution in [3.63, 3.8) is 0 Å². The lowest BCUT2D eigenvalue weighted by atomic mass is 10.0. The second-order valence-corrected chi connectivity index (χ2v) is 5.38. The molecule has 0 radical (unpaired) electrons. The molecule has 5 nitrogen and oxygen atoms in total. The van der Waals surface area contributed by atoms with Crippen molar-refractivity contribution in [3.05, 3.63) is 29.3 Å². The molecule has 0 saturated heterocycles. The van der Waals surface area contributed by atoms with Crippen LogP contribution in [0.4, 0.5) is 5.69 Å². The Hall–Kier alpha value is -2.04. The van der Waals surface area contributed by atoms with Gasteiger partial charge in [-0.3, -0.25) is 9.59 Å². The molecule has 5 heteroatoms. The number of anilines is 1. The predicted molar refractivity (Wildman–Crippen MR) is 78.1 cm³/mol. The number of amides is 2. The molecule has 108 valence electrons. The van der Waals surface area contributed by atoms with Gasteiger partial charge in [-0.25, -0.2) is 0 Å². The third-order valence-electron chi connectivity index (χ3n) is 3.87. The van der Waals surface area contributed by atoms with Gasteiger partial charge in [0, 0.05) is 11.7 Å². The fraction of sp³-hybridized carbons (Fsp3) is 0.467. The topological polar surface area (TPSA) is 89.4 Å². The summed E-state index contributed by atoms with van der Waals surface area (Å²) in [4.78, 5) is 25.6. The van der Waals surface area contributed by atoms with E-state index in [0.717, 1.165) is 31.2 Å². The van der Waals surface area contributed by atoms with E-state index in [0.29, 0.717) is 11.3 Å². The van der Waals surface area contributed by atoms with Crippen molar-refractivity contribution in [1.82, 2.24) is 4.90 Å². The molecule has 0 atom stereocenters. The van der Waals surface area contributed by atoms with Crippen molar-refractivity contribution in [2.75, 3.05) is 12.3 Å². The second-order valence-electron chi connectivity index (χ2n) is 5.38. The first kappa shape index (κ1) is 14.4. The number of benzene rings is 1. The van der Waals surface area contributed by atoms with E-state index >= 15 is 0 Å². The zero-order chi connectivity index (χ0) is 14.7. The highest BCUT2D eigenvalue weighted by atomic mass is 16.2. The zero-order valence-corrected chi connectivity index (χ0v) is 11.8. The fourth-order valence-corrected chi connectivity index (χ4v) is 2.88. The number of aryl methyl sites for hydroxylation is 1. The van der Waals surface area contributed by atoms with Gasteiger partial charge in [0.2, 0.25) is 5.91 Å². The van der Waals surface area contributed by atoms with E-state index in [-0.39, 0.29) is 18.5 Å². The van der Waals surface area contributed by atoms with E-state index in [2.05, 4.69) is 0 Å². The molecule has 1 aliphatic rings. The van der Waals surface area contributed by atoms with E-state index < -0.39 is 5.91 Å².